The van der Waals surface area contributed by atoms with Gasteiger partial charge in [-0.1, -0.05) is 29.3 Å². The monoisotopic (exact) mass is 420 g/mol. The van der Waals surface area contributed by atoms with E-state index in [0.29, 0.717) is 11.5 Å². The molecule has 0 aromatic heterocycles. The molecule has 1 saturated carbocycles. The van der Waals surface area contributed by atoms with Gasteiger partial charge in [0.15, 0.2) is 15.6 Å². The van der Waals surface area contributed by atoms with Crippen LogP contribution in [0.3, 0.4) is 0 Å². The molecule has 1 atom stereocenters. The lowest BCUT2D eigenvalue weighted by atomic mass is 9.96. The van der Waals surface area contributed by atoms with Crippen molar-refractivity contribution in [3.8, 4) is 5.75 Å². The number of aliphatic hydroxyl groups is 1. The Morgan fingerprint density at radius 3 is 2.50 bits per heavy atom. The Kier molecular flexibility index (Phi) is 5.39. The Labute approximate surface area is 160 Å². The third-order valence-electron chi connectivity index (χ3n) is 4.56. The van der Waals surface area contributed by atoms with Crippen LogP contribution >= 0.6 is 23.2 Å². The zero-order chi connectivity index (χ0) is 19.1. The van der Waals surface area contributed by atoms with Gasteiger partial charge >= 0.3 is 6.03 Å². The maximum absolute atomic E-state index is 12.7. The van der Waals surface area contributed by atoms with Gasteiger partial charge in [-0.25, -0.2) is 13.2 Å². The highest BCUT2D eigenvalue weighted by Crippen LogP contribution is 2.42. The number of amides is 2. The molecular weight excluding hydrogens is 403 g/mol. The molecule has 2 aliphatic carbocycles. The van der Waals surface area contributed by atoms with E-state index in [-0.39, 0.29) is 29.6 Å². The molecular formula is C16H18Cl2N2O5S. The molecule has 0 aliphatic heterocycles. The first-order valence-electron chi connectivity index (χ1n) is 8.06. The first-order valence-corrected chi connectivity index (χ1v) is 10.4. The molecule has 4 N–H and O–H groups in total. The van der Waals surface area contributed by atoms with Crippen LogP contribution in [0.4, 0.5) is 10.5 Å². The predicted molar refractivity (Wildman–Crippen MR) is 98.4 cm³/mol. The first kappa shape index (κ1) is 19.3. The maximum atomic E-state index is 12.7. The summed E-state index contributed by atoms with van der Waals surface area (Å²) in [6.07, 6.45) is 2.73. The molecule has 142 valence electrons. The number of phenols is 1. The summed E-state index contributed by atoms with van der Waals surface area (Å²) in [6.45, 7) is 0. The van der Waals surface area contributed by atoms with Crippen LogP contribution < -0.4 is 10.6 Å². The Morgan fingerprint density at radius 1 is 1.23 bits per heavy atom. The lowest BCUT2D eigenvalue weighted by molar-refractivity contribution is 0.0976. The van der Waals surface area contributed by atoms with E-state index in [1.807, 2.05) is 6.08 Å². The standard InChI is InChI=1S/C16H18Cl2N2O5S/c17-10-2-1-3-12(10)19-16(23)20-13-5-4-11(18)15(14(13)22)26(24,25)9-6-8(21)7-9/h2,4-5,8-9,12,21-22H,1,3,6-7H2,(H2,19,20,23)/t8-,9+,12-/m0/s1. The van der Waals surface area contributed by atoms with Crippen LogP contribution in [0, 0.1) is 0 Å². The minimum atomic E-state index is -3.93. The van der Waals surface area contributed by atoms with Gasteiger partial charge < -0.3 is 20.8 Å². The summed E-state index contributed by atoms with van der Waals surface area (Å²) in [4.78, 5) is 11.7. The van der Waals surface area contributed by atoms with Crippen molar-refractivity contribution in [2.24, 2.45) is 0 Å². The second-order valence-corrected chi connectivity index (χ2v) is 9.39. The van der Waals surface area contributed by atoms with Crippen molar-refractivity contribution in [3.05, 3.63) is 28.3 Å². The van der Waals surface area contributed by atoms with Crippen LogP contribution in [0.25, 0.3) is 0 Å². The highest BCUT2D eigenvalue weighted by molar-refractivity contribution is 7.92. The van der Waals surface area contributed by atoms with Gasteiger partial charge in [-0.15, -0.1) is 0 Å². The van der Waals surface area contributed by atoms with Crippen molar-refractivity contribution in [2.45, 2.75) is 48.0 Å². The Balaban J connectivity index is 1.81. The summed E-state index contributed by atoms with van der Waals surface area (Å²) >= 11 is 12.0. The lowest BCUT2D eigenvalue weighted by Gasteiger charge is -2.31. The number of sulfone groups is 1. The molecule has 1 fully saturated rings. The fourth-order valence-electron chi connectivity index (χ4n) is 3.00. The summed E-state index contributed by atoms with van der Waals surface area (Å²) in [7, 11) is -3.93. The van der Waals surface area contributed by atoms with Gasteiger partial charge in [-0.2, -0.15) is 0 Å². The van der Waals surface area contributed by atoms with Crippen molar-refractivity contribution in [2.75, 3.05) is 5.32 Å². The number of hydrogen-bond donors (Lipinski definition) is 4. The third-order valence-corrected chi connectivity index (χ3v) is 7.65. The van der Waals surface area contributed by atoms with Crippen molar-refractivity contribution >= 4 is 44.8 Å². The van der Waals surface area contributed by atoms with E-state index < -0.39 is 37.9 Å². The van der Waals surface area contributed by atoms with Gasteiger partial charge in [-0.3, -0.25) is 0 Å². The van der Waals surface area contributed by atoms with Crippen LogP contribution in [-0.2, 0) is 9.84 Å². The summed E-state index contributed by atoms with van der Waals surface area (Å²) < 4.78 is 25.3. The largest absolute Gasteiger partial charge is 0.504 e. The Morgan fingerprint density at radius 2 is 1.92 bits per heavy atom. The summed E-state index contributed by atoms with van der Waals surface area (Å²) in [5, 5.41) is 24.4. The van der Waals surface area contributed by atoms with Gasteiger partial charge in [0.05, 0.1) is 28.1 Å². The number of phenolic OH excluding ortho intramolecular Hbond substituents is 1. The smallest absolute Gasteiger partial charge is 0.319 e. The second-order valence-electron chi connectivity index (χ2n) is 6.38. The quantitative estimate of drug-likeness (QED) is 0.558. The number of carbonyl (C=O) groups excluding carboxylic acids is 1. The van der Waals surface area contributed by atoms with E-state index >= 15 is 0 Å². The number of benzene rings is 1. The minimum Gasteiger partial charge on any atom is -0.504 e. The Hall–Kier alpha value is -1.48. The average molecular weight is 421 g/mol. The number of nitrogens with one attached hydrogen (secondary N) is 2. The number of allylic oxidation sites excluding steroid dienone is 1. The highest BCUT2D eigenvalue weighted by Gasteiger charge is 2.41. The molecule has 0 bridgehead atoms. The zero-order valence-corrected chi connectivity index (χ0v) is 15.9. The molecule has 0 saturated heterocycles. The lowest BCUT2D eigenvalue weighted by Crippen LogP contribution is -2.39. The number of carbonyl (C=O) groups is 1. The van der Waals surface area contributed by atoms with E-state index in [9.17, 15) is 23.4 Å². The van der Waals surface area contributed by atoms with Gasteiger partial charge in [-0.05, 0) is 37.8 Å². The number of urea groups is 1. The van der Waals surface area contributed by atoms with E-state index in [4.69, 9.17) is 23.2 Å². The normalized spacial score (nSPS) is 25.3. The van der Waals surface area contributed by atoms with Gasteiger partial charge in [0.1, 0.15) is 4.90 Å². The summed E-state index contributed by atoms with van der Waals surface area (Å²) in [6, 6.07) is 1.67. The summed E-state index contributed by atoms with van der Waals surface area (Å²) in [5.41, 5.74) is -0.0801. The van der Waals surface area contributed by atoms with E-state index in [0.717, 1.165) is 6.42 Å². The number of aliphatic hydroxyl groups excluding tert-OH is 1. The van der Waals surface area contributed by atoms with Crippen molar-refractivity contribution in [3.63, 3.8) is 0 Å². The molecule has 7 nitrogen and oxygen atoms in total. The fraction of sp³-hybridized carbons (Fsp3) is 0.438. The molecule has 26 heavy (non-hydrogen) atoms. The number of hydrogen-bond acceptors (Lipinski definition) is 5. The molecule has 1 aromatic carbocycles. The summed E-state index contributed by atoms with van der Waals surface area (Å²) in [5.74, 6) is -0.623. The zero-order valence-electron chi connectivity index (χ0n) is 13.6. The molecule has 0 spiro atoms. The van der Waals surface area contributed by atoms with Crippen molar-refractivity contribution in [1.29, 1.82) is 0 Å². The molecule has 10 heteroatoms. The van der Waals surface area contributed by atoms with Crippen LogP contribution in [0.5, 0.6) is 5.75 Å². The Bertz CT molecular complexity index is 866. The van der Waals surface area contributed by atoms with E-state index in [1.54, 1.807) is 0 Å². The molecule has 0 radical (unpaired) electrons. The second kappa shape index (κ2) is 7.26. The molecule has 0 unspecified atom stereocenters. The highest BCUT2D eigenvalue weighted by atomic mass is 35.5. The van der Waals surface area contributed by atoms with E-state index in [1.165, 1.54) is 12.1 Å². The molecule has 0 heterocycles. The minimum absolute atomic E-state index is 0.0801. The number of anilines is 1. The van der Waals surface area contributed by atoms with Crippen LogP contribution in [0.2, 0.25) is 5.02 Å². The van der Waals surface area contributed by atoms with Crippen LogP contribution in [0.15, 0.2) is 28.1 Å². The fourth-order valence-corrected chi connectivity index (χ4v) is 5.75. The van der Waals surface area contributed by atoms with Crippen LogP contribution in [0.1, 0.15) is 25.7 Å². The van der Waals surface area contributed by atoms with Gasteiger partial charge in [0.2, 0.25) is 0 Å². The van der Waals surface area contributed by atoms with Gasteiger partial charge in [0.25, 0.3) is 0 Å². The average Bonchev–Trinajstić information content (AvgIpc) is 2.92. The first-order chi connectivity index (χ1) is 12.2. The SMILES string of the molecule is O=C(Nc1ccc(Cl)c(S(=O)(=O)[C@H]2C[C@@H](O)C2)c1O)N[C@H]1CCC=C1Cl. The topological polar surface area (TPSA) is 116 Å². The van der Waals surface area contributed by atoms with Crippen molar-refractivity contribution in [1.82, 2.24) is 5.32 Å². The predicted octanol–water partition coefficient (Wildman–Crippen LogP) is 2.75. The number of rotatable bonds is 4. The van der Waals surface area contributed by atoms with Gasteiger partial charge in [0, 0.05) is 5.03 Å². The molecule has 3 rings (SSSR count). The van der Waals surface area contributed by atoms with Crippen LogP contribution in [-0.4, -0.2) is 42.1 Å². The van der Waals surface area contributed by atoms with E-state index in [2.05, 4.69) is 10.6 Å². The molecule has 2 amide bonds. The molecule has 2 aliphatic rings. The van der Waals surface area contributed by atoms with Crippen molar-refractivity contribution < 1.29 is 23.4 Å². The number of aromatic hydroxyl groups is 1. The number of halogens is 2. The third kappa shape index (κ3) is 3.64. The maximum Gasteiger partial charge on any atom is 0.319 e. The molecule has 1 aromatic rings.